The van der Waals surface area contributed by atoms with Crippen LogP contribution in [0.1, 0.15) is 13.8 Å². The fraction of sp³-hybridized carbons (Fsp3) is 0.667. The van der Waals surface area contributed by atoms with E-state index in [4.69, 9.17) is 0 Å². The second kappa shape index (κ2) is 6.85. The van der Waals surface area contributed by atoms with Crippen molar-refractivity contribution in [3.05, 3.63) is 12.2 Å². The summed E-state index contributed by atoms with van der Waals surface area (Å²) >= 11 is 0. The van der Waals surface area contributed by atoms with E-state index in [1.54, 1.807) is 0 Å². The maximum absolute atomic E-state index is 10.8. The van der Waals surface area contributed by atoms with Crippen LogP contribution in [0.3, 0.4) is 0 Å². The smallest absolute Gasteiger partial charge is 0.246 e. The molecule has 0 rings (SSSR count). The van der Waals surface area contributed by atoms with Gasteiger partial charge in [0.05, 0.1) is 0 Å². The summed E-state index contributed by atoms with van der Waals surface area (Å²) in [4.78, 5) is 10.8. The number of hydrogen-bond acceptors (Lipinski definition) is 2. The highest BCUT2D eigenvalue weighted by atomic mass is 16.5. The van der Waals surface area contributed by atoms with Gasteiger partial charge in [-0.3, -0.25) is 4.79 Å². The van der Waals surface area contributed by atoms with Crippen molar-refractivity contribution in [2.75, 3.05) is 20.3 Å². The molecular formula is C9H17NO2. The Morgan fingerprint density at radius 1 is 1.58 bits per heavy atom. The number of ether oxygens (including phenoxy) is 1. The van der Waals surface area contributed by atoms with E-state index in [0.29, 0.717) is 12.5 Å². The van der Waals surface area contributed by atoms with Crippen LogP contribution in [0, 0.1) is 5.92 Å². The summed E-state index contributed by atoms with van der Waals surface area (Å²) in [6, 6.07) is 0. The van der Waals surface area contributed by atoms with Gasteiger partial charge in [0.1, 0.15) is 6.61 Å². The topological polar surface area (TPSA) is 38.3 Å². The fourth-order valence-electron chi connectivity index (χ4n) is 0.695. The number of hydrogen-bond donors (Lipinski definition) is 1. The van der Waals surface area contributed by atoms with Crippen molar-refractivity contribution in [3.8, 4) is 0 Å². The maximum atomic E-state index is 10.8. The van der Waals surface area contributed by atoms with Gasteiger partial charge < -0.3 is 10.1 Å². The molecule has 0 aliphatic heterocycles. The van der Waals surface area contributed by atoms with Crippen LogP contribution >= 0.6 is 0 Å². The second-order valence-corrected chi connectivity index (χ2v) is 2.91. The molecule has 1 amide bonds. The van der Waals surface area contributed by atoms with E-state index in [1.807, 2.05) is 12.2 Å². The first-order valence-electron chi connectivity index (χ1n) is 4.09. The number of methoxy groups -OCH3 is 1. The molecule has 0 saturated heterocycles. The van der Waals surface area contributed by atoms with Crippen LogP contribution in [-0.4, -0.2) is 26.2 Å². The standard InChI is InChI=1S/C9H17NO2/c1-8(2)5-4-6-10-9(11)7-12-3/h4-5,8H,6-7H2,1-3H3,(H,10,11)/b5-4+. The van der Waals surface area contributed by atoms with Crippen molar-refractivity contribution in [2.45, 2.75) is 13.8 Å². The molecule has 0 aliphatic carbocycles. The monoisotopic (exact) mass is 171 g/mol. The van der Waals surface area contributed by atoms with Gasteiger partial charge in [-0.25, -0.2) is 0 Å². The Balaban J connectivity index is 3.36. The molecule has 0 bridgehead atoms. The van der Waals surface area contributed by atoms with Gasteiger partial charge in [0.15, 0.2) is 0 Å². The Hall–Kier alpha value is -0.830. The van der Waals surface area contributed by atoms with E-state index in [0.717, 1.165) is 0 Å². The Bertz CT molecular complexity index is 153. The molecule has 0 aromatic rings. The molecule has 0 fully saturated rings. The van der Waals surface area contributed by atoms with Crippen molar-refractivity contribution in [1.29, 1.82) is 0 Å². The van der Waals surface area contributed by atoms with Gasteiger partial charge in [0.25, 0.3) is 0 Å². The van der Waals surface area contributed by atoms with Crippen molar-refractivity contribution < 1.29 is 9.53 Å². The van der Waals surface area contributed by atoms with Crippen LogP contribution in [0.2, 0.25) is 0 Å². The molecule has 3 heteroatoms. The molecule has 0 unspecified atom stereocenters. The third-order valence-corrected chi connectivity index (χ3v) is 1.21. The van der Waals surface area contributed by atoms with Gasteiger partial charge in [-0.05, 0) is 5.92 Å². The number of rotatable bonds is 5. The lowest BCUT2D eigenvalue weighted by molar-refractivity contribution is -0.124. The van der Waals surface area contributed by atoms with E-state index >= 15 is 0 Å². The number of carbonyl (C=O) groups is 1. The Morgan fingerprint density at radius 3 is 2.75 bits per heavy atom. The molecule has 3 nitrogen and oxygen atoms in total. The largest absolute Gasteiger partial charge is 0.375 e. The van der Waals surface area contributed by atoms with Crippen LogP contribution in [0.25, 0.3) is 0 Å². The summed E-state index contributed by atoms with van der Waals surface area (Å²) in [5.74, 6) is 0.454. The average molecular weight is 171 g/mol. The fourth-order valence-corrected chi connectivity index (χ4v) is 0.695. The summed E-state index contributed by atoms with van der Waals surface area (Å²) < 4.78 is 4.65. The Morgan fingerprint density at radius 2 is 2.25 bits per heavy atom. The molecule has 0 aromatic carbocycles. The highest BCUT2D eigenvalue weighted by molar-refractivity contribution is 5.77. The van der Waals surface area contributed by atoms with Crippen LogP contribution in [-0.2, 0) is 9.53 Å². The molecule has 1 N–H and O–H groups in total. The minimum atomic E-state index is -0.0779. The van der Waals surface area contributed by atoms with Crippen molar-refractivity contribution in [3.63, 3.8) is 0 Å². The van der Waals surface area contributed by atoms with Crippen LogP contribution in [0.15, 0.2) is 12.2 Å². The molecule has 0 radical (unpaired) electrons. The van der Waals surface area contributed by atoms with Crippen molar-refractivity contribution >= 4 is 5.91 Å². The van der Waals surface area contributed by atoms with Gasteiger partial charge in [-0.2, -0.15) is 0 Å². The molecule has 70 valence electrons. The van der Waals surface area contributed by atoms with E-state index in [2.05, 4.69) is 23.9 Å². The van der Waals surface area contributed by atoms with Crippen LogP contribution in [0.5, 0.6) is 0 Å². The van der Waals surface area contributed by atoms with Gasteiger partial charge in [0.2, 0.25) is 5.91 Å². The first-order chi connectivity index (χ1) is 5.66. The highest BCUT2D eigenvalue weighted by Gasteiger charge is 1.95. The lowest BCUT2D eigenvalue weighted by atomic mass is 10.2. The zero-order chi connectivity index (χ0) is 9.40. The van der Waals surface area contributed by atoms with E-state index < -0.39 is 0 Å². The number of amides is 1. The van der Waals surface area contributed by atoms with Gasteiger partial charge in [0, 0.05) is 13.7 Å². The second-order valence-electron chi connectivity index (χ2n) is 2.91. The molecule has 12 heavy (non-hydrogen) atoms. The molecule has 0 aliphatic rings. The number of nitrogens with one attached hydrogen (secondary N) is 1. The van der Waals surface area contributed by atoms with Crippen LogP contribution in [0.4, 0.5) is 0 Å². The van der Waals surface area contributed by atoms with Gasteiger partial charge in [-0.1, -0.05) is 26.0 Å². The van der Waals surface area contributed by atoms with Gasteiger partial charge in [-0.15, -0.1) is 0 Å². The summed E-state index contributed by atoms with van der Waals surface area (Å²) in [6.07, 6.45) is 3.99. The minimum Gasteiger partial charge on any atom is -0.375 e. The lowest BCUT2D eigenvalue weighted by Gasteiger charge is -2.00. The van der Waals surface area contributed by atoms with Crippen molar-refractivity contribution in [1.82, 2.24) is 5.32 Å². The first-order valence-corrected chi connectivity index (χ1v) is 4.09. The van der Waals surface area contributed by atoms with E-state index in [9.17, 15) is 4.79 Å². The summed E-state index contributed by atoms with van der Waals surface area (Å²) in [5.41, 5.74) is 0. The van der Waals surface area contributed by atoms with E-state index in [1.165, 1.54) is 7.11 Å². The zero-order valence-corrected chi connectivity index (χ0v) is 7.96. The SMILES string of the molecule is COCC(=O)NC/C=C/C(C)C. The zero-order valence-electron chi connectivity index (χ0n) is 7.96. The highest BCUT2D eigenvalue weighted by Crippen LogP contribution is 1.91. The molecule has 0 atom stereocenters. The average Bonchev–Trinajstić information content (AvgIpc) is 1.98. The summed E-state index contributed by atoms with van der Waals surface area (Å²) in [5, 5.41) is 2.69. The van der Waals surface area contributed by atoms with Crippen molar-refractivity contribution in [2.24, 2.45) is 5.92 Å². The summed E-state index contributed by atoms with van der Waals surface area (Å²) in [6.45, 7) is 4.90. The lowest BCUT2D eigenvalue weighted by Crippen LogP contribution is -2.27. The first kappa shape index (κ1) is 11.2. The molecular weight excluding hydrogens is 154 g/mol. The molecule has 0 aromatic heterocycles. The third kappa shape index (κ3) is 7.28. The Kier molecular flexibility index (Phi) is 6.38. The normalized spacial score (nSPS) is 11.0. The number of allylic oxidation sites excluding steroid dienone is 1. The van der Waals surface area contributed by atoms with Crippen LogP contribution < -0.4 is 5.32 Å². The quantitative estimate of drug-likeness (QED) is 0.626. The molecule has 0 spiro atoms. The third-order valence-electron chi connectivity index (χ3n) is 1.21. The number of carbonyl (C=O) groups excluding carboxylic acids is 1. The van der Waals surface area contributed by atoms with Gasteiger partial charge >= 0.3 is 0 Å². The maximum Gasteiger partial charge on any atom is 0.246 e. The molecule has 0 saturated carbocycles. The minimum absolute atomic E-state index is 0.0779. The predicted octanol–water partition coefficient (Wildman–Crippen LogP) is 0.961. The Labute approximate surface area is 73.8 Å². The summed E-state index contributed by atoms with van der Waals surface area (Å²) in [7, 11) is 1.50. The van der Waals surface area contributed by atoms with E-state index in [-0.39, 0.29) is 12.5 Å². The predicted molar refractivity (Wildman–Crippen MR) is 48.9 cm³/mol. The molecule has 0 heterocycles.